The molecule has 1 N–H and O–H groups in total. The third-order valence-corrected chi connectivity index (χ3v) is 6.19. The van der Waals surface area contributed by atoms with E-state index in [4.69, 9.17) is 4.42 Å². The zero-order chi connectivity index (χ0) is 15.6. The van der Waals surface area contributed by atoms with Gasteiger partial charge in [0.15, 0.2) is 0 Å². The van der Waals surface area contributed by atoms with Gasteiger partial charge >= 0.3 is 0 Å². The highest BCUT2D eigenvalue weighted by molar-refractivity contribution is 7.89. The maximum atomic E-state index is 12.8. The summed E-state index contributed by atoms with van der Waals surface area (Å²) >= 11 is 0. The Balaban J connectivity index is 2.18. The lowest BCUT2D eigenvalue weighted by Gasteiger charge is -2.17. The van der Waals surface area contributed by atoms with E-state index in [1.54, 1.807) is 17.3 Å². The summed E-state index contributed by atoms with van der Waals surface area (Å²) in [5, 5.41) is 3.15. The first-order chi connectivity index (χ1) is 9.86. The van der Waals surface area contributed by atoms with E-state index in [0.717, 1.165) is 13.0 Å². The molecule has 6 heteroatoms. The average Bonchev–Trinajstić information content (AvgIpc) is 3.03. The van der Waals surface area contributed by atoms with Crippen molar-refractivity contribution in [1.82, 2.24) is 9.62 Å². The number of nitrogens with one attached hydrogen (secondary N) is 1. The van der Waals surface area contributed by atoms with Crippen molar-refractivity contribution in [3.05, 3.63) is 17.6 Å². The first kappa shape index (κ1) is 16.5. The number of sulfonamides is 1. The fourth-order valence-corrected chi connectivity index (χ4v) is 4.47. The Morgan fingerprint density at radius 3 is 2.76 bits per heavy atom. The molecule has 1 fully saturated rings. The molecule has 1 unspecified atom stereocenters. The van der Waals surface area contributed by atoms with E-state index in [1.807, 2.05) is 6.92 Å². The summed E-state index contributed by atoms with van der Waals surface area (Å²) in [7, 11) is -3.43. The van der Waals surface area contributed by atoms with Gasteiger partial charge < -0.3 is 9.73 Å². The number of nitrogens with zero attached hydrogens (tertiary/aromatic N) is 1. The molecule has 0 bridgehead atoms. The van der Waals surface area contributed by atoms with E-state index in [-0.39, 0.29) is 0 Å². The Bertz CT molecular complexity index is 578. The molecule has 120 valence electrons. The van der Waals surface area contributed by atoms with Gasteiger partial charge in [-0.15, -0.1) is 0 Å². The van der Waals surface area contributed by atoms with Crippen molar-refractivity contribution in [3.63, 3.8) is 0 Å². The third-order valence-electron chi connectivity index (χ3n) is 4.22. The summed E-state index contributed by atoms with van der Waals surface area (Å²) in [6.07, 6.45) is 0.943. The number of furan rings is 1. The summed E-state index contributed by atoms with van der Waals surface area (Å²) < 4.78 is 32.7. The molecule has 2 rings (SSSR count). The van der Waals surface area contributed by atoms with Gasteiger partial charge in [-0.05, 0) is 31.7 Å². The standard InChI is InChI=1S/C15H26N2O3S/c1-5-16-9-14-8-15(12(4)20-14)21(18,19)17-7-6-13(10-17)11(2)3/h8,11,13,16H,5-7,9-10H2,1-4H3. The molecular weight excluding hydrogens is 288 g/mol. The van der Waals surface area contributed by atoms with Gasteiger partial charge in [0.05, 0.1) is 6.54 Å². The second kappa shape index (κ2) is 6.50. The van der Waals surface area contributed by atoms with Crippen LogP contribution in [0.3, 0.4) is 0 Å². The molecule has 5 nitrogen and oxygen atoms in total. The normalized spacial score (nSPS) is 20.5. The van der Waals surface area contributed by atoms with Gasteiger partial charge in [0.2, 0.25) is 10.0 Å². The second-order valence-electron chi connectivity index (χ2n) is 6.07. The Hall–Kier alpha value is -0.850. The van der Waals surface area contributed by atoms with Crippen LogP contribution >= 0.6 is 0 Å². The number of hydrogen-bond donors (Lipinski definition) is 1. The molecule has 1 aliphatic rings. The average molecular weight is 314 g/mol. The molecular formula is C15H26N2O3S. The molecule has 0 aromatic carbocycles. The highest BCUT2D eigenvalue weighted by Gasteiger charge is 2.35. The molecule has 0 saturated carbocycles. The molecule has 0 spiro atoms. The molecule has 0 aliphatic carbocycles. The van der Waals surface area contributed by atoms with Crippen molar-refractivity contribution in [2.24, 2.45) is 11.8 Å². The van der Waals surface area contributed by atoms with Crippen LogP contribution < -0.4 is 5.32 Å². The van der Waals surface area contributed by atoms with Crippen molar-refractivity contribution in [3.8, 4) is 0 Å². The number of hydrogen-bond acceptors (Lipinski definition) is 4. The maximum Gasteiger partial charge on any atom is 0.246 e. The van der Waals surface area contributed by atoms with Crippen LogP contribution in [0.1, 0.15) is 38.7 Å². The summed E-state index contributed by atoms with van der Waals surface area (Å²) in [4.78, 5) is 0.319. The highest BCUT2D eigenvalue weighted by Crippen LogP contribution is 2.30. The van der Waals surface area contributed by atoms with Crippen LogP contribution in [-0.4, -0.2) is 32.4 Å². The third kappa shape index (κ3) is 3.49. The minimum absolute atomic E-state index is 0.319. The SMILES string of the molecule is CCNCc1cc(S(=O)(=O)N2CCC(C(C)C)C2)c(C)o1. The second-order valence-corrected chi connectivity index (χ2v) is 7.98. The van der Waals surface area contributed by atoms with E-state index in [0.29, 0.717) is 47.9 Å². The van der Waals surface area contributed by atoms with Crippen LogP contribution in [0.25, 0.3) is 0 Å². The zero-order valence-electron chi connectivity index (χ0n) is 13.3. The largest absolute Gasteiger partial charge is 0.464 e. The lowest BCUT2D eigenvalue weighted by molar-refractivity contribution is 0.388. The van der Waals surface area contributed by atoms with Gasteiger partial charge in [-0.2, -0.15) is 4.31 Å². The van der Waals surface area contributed by atoms with Gasteiger partial charge in [-0.25, -0.2) is 8.42 Å². The van der Waals surface area contributed by atoms with E-state index >= 15 is 0 Å². The number of aryl methyl sites for hydroxylation is 1. The van der Waals surface area contributed by atoms with Gasteiger partial charge in [-0.1, -0.05) is 20.8 Å². The minimum atomic E-state index is -3.43. The Kier molecular flexibility index (Phi) is 5.11. The molecule has 1 saturated heterocycles. The molecule has 1 atom stereocenters. The van der Waals surface area contributed by atoms with Gasteiger partial charge in [0, 0.05) is 19.2 Å². The monoisotopic (exact) mass is 314 g/mol. The molecule has 0 amide bonds. The first-order valence-electron chi connectivity index (χ1n) is 7.66. The zero-order valence-corrected chi connectivity index (χ0v) is 14.2. The predicted octanol–water partition coefficient (Wildman–Crippen LogP) is 2.36. The molecule has 0 radical (unpaired) electrons. The van der Waals surface area contributed by atoms with Gasteiger partial charge in [0.25, 0.3) is 0 Å². The van der Waals surface area contributed by atoms with Crippen LogP contribution in [0.5, 0.6) is 0 Å². The van der Waals surface area contributed by atoms with Crippen LogP contribution in [0, 0.1) is 18.8 Å². The Morgan fingerprint density at radius 1 is 1.48 bits per heavy atom. The topological polar surface area (TPSA) is 62.6 Å². The smallest absolute Gasteiger partial charge is 0.246 e. The Labute approximate surface area is 127 Å². The highest BCUT2D eigenvalue weighted by atomic mass is 32.2. The van der Waals surface area contributed by atoms with Gasteiger partial charge in [-0.3, -0.25) is 0 Å². The lowest BCUT2D eigenvalue weighted by Crippen LogP contribution is -2.29. The Morgan fingerprint density at radius 2 is 2.19 bits per heavy atom. The summed E-state index contributed by atoms with van der Waals surface area (Å²) in [5.41, 5.74) is 0. The van der Waals surface area contributed by atoms with Crippen molar-refractivity contribution in [2.75, 3.05) is 19.6 Å². The lowest BCUT2D eigenvalue weighted by atomic mass is 9.96. The van der Waals surface area contributed by atoms with Crippen molar-refractivity contribution < 1.29 is 12.8 Å². The van der Waals surface area contributed by atoms with Crippen molar-refractivity contribution >= 4 is 10.0 Å². The van der Waals surface area contributed by atoms with Crippen molar-refractivity contribution in [2.45, 2.75) is 45.6 Å². The summed E-state index contributed by atoms with van der Waals surface area (Å²) in [5.74, 6) is 2.12. The van der Waals surface area contributed by atoms with Gasteiger partial charge in [0.1, 0.15) is 16.4 Å². The van der Waals surface area contributed by atoms with Crippen LogP contribution in [0.2, 0.25) is 0 Å². The quantitative estimate of drug-likeness (QED) is 0.875. The summed E-state index contributed by atoms with van der Waals surface area (Å²) in [6.45, 7) is 10.6. The van der Waals surface area contributed by atoms with Crippen molar-refractivity contribution in [1.29, 1.82) is 0 Å². The fraction of sp³-hybridized carbons (Fsp3) is 0.733. The molecule has 21 heavy (non-hydrogen) atoms. The molecule has 1 aliphatic heterocycles. The fourth-order valence-electron chi connectivity index (χ4n) is 2.77. The van der Waals surface area contributed by atoms with E-state index in [2.05, 4.69) is 19.2 Å². The minimum Gasteiger partial charge on any atom is -0.464 e. The molecule has 1 aromatic heterocycles. The maximum absolute atomic E-state index is 12.8. The van der Waals surface area contributed by atoms with Crippen LogP contribution in [-0.2, 0) is 16.6 Å². The predicted molar refractivity (Wildman–Crippen MR) is 82.5 cm³/mol. The van der Waals surface area contributed by atoms with E-state index in [9.17, 15) is 8.42 Å². The van der Waals surface area contributed by atoms with Crippen LogP contribution in [0.4, 0.5) is 0 Å². The first-order valence-corrected chi connectivity index (χ1v) is 9.10. The van der Waals surface area contributed by atoms with E-state index < -0.39 is 10.0 Å². The van der Waals surface area contributed by atoms with Crippen LogP contribution in [0.15, 0.2) is 15.4 Å². The summed E-state index contributed by atoms with van der Waals surface area (Å²) in [6, 6.07) is 1.66. The molecule has 2 heterocycles. The number of rotatable bonds is 6. The molecule has 1 aromatic rings. The van der Waals surface area contributed by atoms with E-state index in [1.165, 1.54) is 0 Å².